The predicted octanol–water partition coefficient (Wildman–Crippen LogP) is 4.11. The van der Waals surface area contributed by atoms with Crippen molar-refractivity contribution in [2.45, 2.75) is 33.0 Å². The van der Waals surface area contributed by atoms with Crippen LogP contribution in [0.25, 0.3) is 0 Å². The van der Waals surface area contributed by atoms with Gasteiger partial charge in [-0.2, -0.15) is 0 Å². The molecule has 0 spiro atoms. The third-order valence-corrected chi connectivity index (χ3v) is 5.80. The van der Waals surface area contributed by atoms with Crippen LogP contribution in [0.5, 0.6) is 0 Å². The Labute approximate surface area is 212 Å². The summed E-state index contributed by atoms with van der Waals surface area (Å²) in [4.78, 5) is 46.5. The average molecular weight is 501 g/mol. The number of hydrogen-bond acceptors (Lipinski definition) is 9. The molecule has 188 valence electrons. The van der Waals surface area contributed by atoms with Gasteiger partial charge in [-0.3, -0.25) is 20.1 Å². The van der Waals surface area contributed by atoms with E-state index in [-0.39, 0.29) is 35.6 Å². The number of carbonyl (C=O) groups excluding carboxylic acids is 2. The lowest BCUT2D eigenvalue weighted by atomic mass is 9.79. The van der Waals surface area contributed by atoms with Crippen LogP contribution in [0.1, 0.15) is 36.7 Å². The van der Waals surface area contributed by atoms with E-state index >= 15 is 0 Å². The summed E-state index contributed by atoms with van der Waals surface area (Å²) < 4.78 is 11.1. The SMILES string of the molecule is CC1=C(C(=O)OCc2ccccn2)C(c2ccccc2[N+](=O)[O-])C(C(=O)OCc2ccccn2)=C(C)N1. The van der Waals surface area contributed by atoms with E-state index in [1.54, 1.807) is 68.7 Å². The van der Waals surface area contributed by atoms with Gasteiger partial charge in [-0.15, -0.1) is 0 Å². The van der Waals surface area contributed by atoms with Crippen LogP contribution >= 0.6 is 0 Å². The zero-order valence-electron chi connectivity index (χ0n) is 20.2. The molecule has 1 N–H and O–H groups in total. The first-order valence-corrected chi connectivity index (χ1v) is 11.4. The molecule has 0 atom stereocenters. The first-order chi connectivity index (χ1) is 17.9. The van der Waals surface area contributed by atoms with E-state index in [4.69, 9.17) is 9.47 Å². The van der Waals surface area contributed by atoms with Crippen LogP contribution in [0, 0.1) is 10.1 Å². The lowest BCUT2D eigenvalue weighted by Crippen LogP contribution is -2.32. The highest BCUT2D eigenvalue weighted by molar-refractivity contribution is 6.00. The number of aromatic nitrogens is 2. The van der Waals surface area contributed by atoms with Gasteiger partial charge in [0.15, 0.2) is 0 Å². The molecule has 0 radical (unpaired) electrons. The quantitative estimate of drug-likeness (QED) is 0.275. The Kier molecular flexibility index (Phi) is 7.68. The fraction of sp³-hybridized carbons (Fsp3) is 0.185. The second-order valence-corrected chi connectivity index (χ2v) is 8.25. The normalized spacial score (nSPS) is 13.7. The summed E-state index contributed by atoms with van der Waals surface area (Å²) in [6, 6.07) is 16.4. The number of hydrogen-bond donors (Lipinski definition) is 1. The first-order valence-electron chi connectivity index (χ1n) is 11.4. The van der Waals surface area contributed by atoms with Crippen molar-refractivity contribution in [2.75, 3.05) is 0 Å². The van der Waals surface area contributed by atoms with E-state index in [2.05, 4.69) is 15.3 Å². The highest BCUT2D eigenvalue weighted by atomic mass is 16.6. The lowest BCUT2D eigenvalue weighted by molar-refractivity contribution is -0.385. The Hall–Kier alpha value is -4.86. The van der Waals surface area contributed by atoms with Crippen LogP contribution in [0.4, 0.5) is 5.69 Å². The van der Waals surface area contributed by atoms with Gasteiger partial charge < -0.3 is 14.8 Å². The number of allylic oxidation sites excluding steroid dienone is 2. The molecular formula is C27H24N4O6. The first kappa shape index (κ1) is 25.2. The van der Waals surface area contributed by atoms with E-state index in [0.717, 1.165) is 0 Å². The van der Waals surface area contributed by atoms with E-state index in [9.17, 15) is 19.7 Å². The van der Waals surface area contributed by atoms with Crippen LogP contribution in [0.15, 0.2) is 95.6 Å². The molecule has 4 rings (SSSR count). The molecule has 10 nitrogen and oxygen atoms in total. The fourth-order valence-electron chi connectivity index (χ4n) is 4.15. The van der Waals surface area contributed by atoms with Gasteiger partial charge in [0.05, 0.1) is 33.4 Å². The molecule has 0 unspecified atom stereocenters. The Bertz CT molecular complexity index is 1310. The Morgan fingerprint density at radius 1 is 0.838 bits per heavy atom. The van der Waals surface area contributed by atoms with Crippen molar-refractivity contribution in [2.24, 2.45) is 0 Å². The molecule has 2 aromatic heterocycles. The lowest BCUT2D eigenvalue weighted by Gasteiger charge is -2.30. The van der Waals surface area contributed by atoms with Gasteiger partial charge in [-0.05, 0) is 38.1 Å². The largest absolute Gasteiger partial charge is 0.456 e. The molecule has 0 amide bonds. The van der Waals surface area contributed by atoms with E-state index in [1.165, 1.54) is 18.2 Å². The zero-order chi connectivity index (χ0) is 26.4. The molecule has 10 heteroatoms. The minimum atomic E-state index is -1.10. The van der Waals surface area contributed by atoms with Crippen molar-refractivity contribution in [1.82, 2.24) is 15.3 Å². The summed E-state index contributed by atoms with van der Waals surface area (Å²) in [6.07, 6.45) is 3.15. The number of para-hydroxylation sites is 1. The molecule has 0 saturated heterocycles. The third-order valence-electron chi connectivity index (χ3n) is 5.80. The predicted molar refractivity (Wildman–Crippen MR) is 132 cm³/mol. The van der Waals surface area contributed by atoms with Gasteiger partial charge in [0, 0.05) is 35.4 Å². The number of nitrogens with one attached hydrogen (secondary N) is 1. The van der Waals surface area contributed by atoms with E-state index < -0.39 is 22.8 Å². The van der Waals surface area contributed by atoms with Gasteiger partial charge >= 0.3 is 11.9 Å². The Morgan fingerprint density at radius 3 is 1.78 bits per heavy atom. The maximum Gasteiger partial charge on any atom is 0.337 e. The minimum Gasteiger partial charge on any atom is -0.456 e. The summed E-state index contributed by atoms with van der Waals surface area (Å²) in [6.45, 7) is 3.09. The minimum absolute atomic E-state index is 0.0700. The van der Waals surface area contributed by atoms with Crippen LogP contribution in [0.2, 0.25) is 0 Å². The standard InChI is InChI=1S/C27H24N4O6/c1-17-23(26(32)36-15-19-9-5-7-13-28-19)25(21-11-3-4-12-22(21)31(34)35)24(18(2)30-17)27(33)37-16-20-10-6-8-14-29-20/h3-14,25,30H,15-16H2,1-2H3. The van der Waals surface area contributed by atoms with Gasteiger partial charge in [0.25, 0.3) is 5.69 Å². The summed E-state index contributed by atoms with van der Waals surface area (Å²) in [5.41, 5.74) is 1.95. The molecule has 1 aliphatic heterocycles. The molecule has 1 aliphatic rings. The van der Waals surface area contributed by atoms with Crippen molar-refractivity contribution in [3.8, 4) is 0 Å². The van der Waals surface area contributed by atoms with Crippen molar-refractivity contribution in [3.63, 3.8) is 0 Å². The maximum absolute atomic E-state index is 13.4. The van der Waals surface area contributed by atoms with Gasteiger partial charge in [0.1, 0.15) is 13.2 Å². The van der Waals surface area contributed by atoms with Crippen LogP contribution < -0.4 is 5.32 Å². The van der Waals surface area contributed by atoms with Crippen molar-refractivity contribution in [1.29, 1.82) is 0 Å². The summed E-state index contributed by atoms with van der Waals surface area (Å²) in [7, 11) is 0. The van der Waals surface area contributed by atoms with Crippen molar-refractivity contribution >= 4 is 17.6 Å². The molecule has 3 aromatic rings. The van der Waals surface area contributed by atoms with Crippen LogP contribution in [-0.2, 0) is 32.3 Å². The molecular weight excluding hydrogens is 476 g/mol. The zero-order valence-corrected chi connectivity index (χ0v) is 20.2. The highest BCUT2D eigenvalue weighted by Gasteiger charge is 2.41. The molecule has 37 heavy (non-hydrogen) atoms. The molecule has 0 saturated carbocycles. The summed E-state index contributed by atoms with van der Waals surface area (Å²) in [5, 5.41) is 15.0. The Balaban J connectivity index is 1.73. The Morgan fingerprint density at radius 2 is 1.32 bits per heavy atom. The van der Waals surface area contributed by atoms with E-state index in [0.29, 0.717) is 22.8 Å². The number of benzene rings is 1. The number of pyridine rings is 2. The second kappa shape index (κ2) is 11.3. The van der Waals surface area contributed by atoms with Crippen LogP contribution in [-0.4, -0.2) is 26.8 Å². The number of dihydropyridines is 1. The number of ether oxygens (including phenoxy) is 2. The van der Waals surface area contributed by atoms with Gasteiger partial charge in [-0.25, -0.2) is 9.59 Å². The van der Waals surface area contributed by atoms with Crippen molar-refractivity contribution < 1.29 is 24.0 Å². The van der Waals surface area contributed by atoms with Crippen LogP contribution in [0.3, 0.4) is 0 Å². The smallest absolute Gasteiger partial charge is 0.337 e. The average Bonchev–Trinajstić information content (AvgIpc) is 2.91. The number of nitro benzene ring substituents is 1. The second-order valence-electron chi connectivity index (χ2n) is 8.25. The maximum atomic E-state index is 13.4. The molecule has 3 heterocycles. The fourth-order valence-corrected chi connectivity index (χ4v) is 4.15. The molecule has 1 aromatic carbocycles. The van der Waals surface area contributed by atoms with Gasteiger partial charge in [-0.1, -0.05) is 30.3 Å². The summed E-state index contributed by atoms with van der Waals surface area (Å²) in [5.74, 6) is -2.57. The highest BCUT2D eigenvalue weighted by Crippen LogP contribution is 2.42. The van der Waals surface area contributed by atoms with E-state index in [1.807, 2.05) is 0 Å². The number of carbonyl (C=O) groups is 2. The summed E-state index contributed by atoms with van der Waals surface area (Å²) >= 11 is 0. The third kappa shape index (κ3) is 5.69. The van der Waals surface area contributed by atoms with Crippen molar-refractivity contribution in [3.05, 3.63) is 123 Å². The monoisotopic (exact) mass is 500 g/mol. The molecule has 0 bridgehead atoms. The number of nitro groups is 1. The number of nitrogens with zero attached hydrogens (tertiary/aromatic N) is 3. The number of esters is 2. The molecule has 0 aliphatic carbocycles. The number of rotatable bonds is 8. The topological polar surface area (TPSA) is 134 Å². The van der Waals surface area contributed by atoms with Gasteiger partial charge in [0.2, 0.25) is 0 Å². The molecule has 0 fully saturated rings.